The number of halogens is 1. The molecule has 2 aromatic rings. The molecule has 15 heavy (non-hydrogen) atoms. The summed E-state index contributed by atoms with van der Waals surface area (Å²) in [7, 11) is 0. The van der Waals surface area contributed by atoms with Crippen LogP contribution >= 0.6 is 15.9 Å². The van der Waals surface area contributed by atoms with E-state index in [0.717, 1.165) is 5.39 Å². The highest BCUT2D eigenvalue weighted by atomic mass is 79.9. The fourth-order valence-corrected chi connectivity index (χ4v) is 2.01. The zero-order chi connectivity index (χ0) is 11.0. The molecule has 78 valence electrons. The summed E-state index contributed by atoms with van der Waals surface area (Å²) in [6, 6.07) is 3.28. The Morgan fingerprint density at radius 3 is 2.93 bits per heavy atom. The maximum absolute atomic E-state index is 10.5. The maximum Gasteiger partial charge on any atom is 0.307 e. The Balaban J connectivity index is 2.65. The van der Waals surface area contributed by atoms with Crippen LogP contribution in [0, 0.1) is 0 Å². The van der Waals surface area contributed by atoms with Crippen molar-refractivity contribution in [3.8, 4) is 5.75 Å². The van der Waals surface area contributed by atoms with E-state index in [1.165, 1.54) is 6.26 Å². The third-order valence-corrected chi connectivity index (χ3v) is 2.74. The minimum absolute atomic E-state index is 0.111. The van der Waals surface area contributed by atoms with Crippen molar-refractivity contribution in [3.63, 3.8) is 0 Å². The standard InChI is InChI=1S/C10H7BrO4/c11-7-3-5(4-8(12)13)9(14)10-6(7)1-2-15-10/h1-3,14H,4H2,(H,12,13). The van der Waals surface area contributed by atoms with Crippen LogP contribution in [0.2, 0.25) is 0 Å². The van der Waals surface area contributed by atoms with Crippen molar-refractivity contribution in [3.05, 3.63) is 28.4 Å². The first kappa shape index (κ1) is 10.0. The molecular weight excluding hydrogens is 264 g/mol. The fraction of sp³-hybridized carbons (Fsp3) is 0.100. The van der Waals surface area contributed by atoms with Gasteiger partial charge in [-0.05, 0) is 12.1 Å². The maximum atomic E-state index is 10.5. The van der Waals surface area contributed by atoms with Gasteiger partial charge in [0.1, 0.15) is 0 Å². The molecule has 2 N–H and O–H groups in total. The van der Waals surface area contributed by atoms with Crippen molar-refractivity contribution in [1.82, 2.24) is 0 Å². The van der Waals surface area contributed by atoms with E-state index in [-0.39, 0.29) is 12.2 Å². The molecule has 1 heterocycles. The molecule has 2 rings (SSSR count). The topological polar surface area (TPSA) is 70.7 Å². The number of fused-ring (bicyclic) bond motifs is 1. The minimum Gasteiger partial charge on any atom is -0.504 e. The predicted octanol–water partition coefficient (Wildman–Crippen LogP) is 2.53. The molecule has 0 bridgehead atoms. The Kier molecular flexibility index (Phi) is 2.40. The molecule has 1 aromatic heterocycles. The van der Waals surface area contributed by atoms with Crippen molar-refractivity contribution >= 4 is 32.9 Å². The second-order valence-corrected chi connectivity index (χ2v) is 3.95. The lowest BCUT2D eigenvalue weighted by atomic mass is 10.1. The van der Waals surface area contributed by atoms with Crippen molar-refractivity contribution in [1.29, 1.82) is 0 Å². The van der Waals surface area contributed by atoms with E-state index in [2.05, 4.69) is 15.9 Å². The van der Waals surface area contributed by atoms with Gasteiger partial charge in [0, 0.05) is 15.4 Å². The van der Waals surface area contributed by atoms with Gasteiger partial charge in [-0.3, -0.25) is 4.79 Å². The third kappa shape index (κ3) is 1.70. The summed E-state index contributed by atoms with van der Waals surface area (Å²) in [6.45, 7) is 0. The van der Waals surface area contributed by atoms with Gasteiger partial charge < -0.3 is 14.6 Å². The lowest BCUT2D eigenvalue weighted by molar-refractivity contribution is -0.136. The van der Waals surface area contributed by atoms with Crippen molar-refractivity contribution in [2.45, 2.75) is 6.42 Å². The first-order chi connectivity index (χ1) is 7.09. The van der Waals surface area contributed by atoms with Gasteiger partial charge in [0.25, 0.3) is 0 Å². The smallest absolute Gasteiger partial charge is 0.307 e. The Hall–Kier alpha value is -1.49. The predicted molar refractivity (Wildman–Crippen MR) is 56.9 cm³/mol. The molecule has 0 aliphatic carbocycles. The number of rotatable bonds is 2. The van der Waals surface area contributed by atoms with Gasteiger partial charge in [-0.2, -0.15) is 0 Å². The average molecular weight is 271 g/mol. The Morgan fingerprint density at radius 1 is 1.53 bits per heavy atom. The molecule has 0 aliphatic heterocycles. The number of hydrogen-bond acceptors (Lipinski definition) is 3. The quantitative estimate of drug-likeness (QED) is 0.880. The molecule has 1 aromatic carbocycles. The second-order valence-electron chi connectivity index (χ2n) is 3.10. The van der Waals surface area contributed by atoms with Gasteiger partial charge in [-0.1, -0.05) is 15.9 Å². The summed E-state index contributed by atoms with van der Waals surface area (Å²) in [6.07, 6.45) is 1.21. The van der Waals surface area contributed by atoms with Crippen LogP contribution in [0.5, 0.6) is 5.75 Å². The van der Waals surface area contributed by atoms with E-state index in [1.807, 2.05) is 0 Å². The van der Waals surface area contributed by atoms with Crippen LogP contribution in [0.4, 0.5) is 0 Å². The van der Waals surface area contributed by atoms with Crippen molar-refractivity contribution < 1.29 is 19.4 Å². The molecule has 0 spiro atoms. The molecule has 0 fully saturated rings. The molecular formula is C10H7BrO4. The van der Waals surface area contributed by atoms with E-state index in [9.17, 15) is 9.90 Å². The molecule has 0 amide bonds. The number of aliphatic carboxylic acids is 1. The zero-order valence-corrected chi connectivity index (χ0v) is 9.11. The Bertz CT molecular complexity index is 529. The number of hydrogen-bond donors (Lipinski definition) is 2. The number of benzene rings is 1. The molecule has 5 heteroatoms. The van der Waals surface area contributed by atoms with Gasteiger partial charge in [0.15, 0.2) is 11.3 Å². The highest BCUT2D eigenvalue weighted by molar-refractivity contribution is 9.10. The van der Waals surface area contributed by atoms with Crippen molar-refractivity contribution in [2.24, 2.45) is 0 Å². The molecule has 0 radical (unpaired) electrons. The van der Waals surface area contributed by atoms with Crippen LogP contribution < -0.4 is 0 Å². The number of carbonyl (C=O) groups is 1. The largest absolute Gasteiger partial charge is 0.504 e. The van der Waals surface area contributed by atoms with E-state index in [1.54, 1.807) is 12.1 Å². The van der Waals surface area contributed by atoms with E-state index in [4.69, 9.17) is 9.52 Å². The first-order valence-corrected chi connectivity index (χ1v) is 4.98. The van der Waals surface area contributed by atoms with Gasteiger partial charge >= 0.3 is 5.97 Å². The first-order valence-electron chi connectivity index (χ1n) is 4.19. The highest BCUT2D eigenvalue weighted by Gasteiger charge is 2.14. The SMILES string of the molecule is O=C(O)Cc1cc(Br)c2ccoc2c1O. The molecule has 4 nitrogen and oxygen atoms in total. The monoisotopic (exact) mass is 270 g/mol. The number of aromatic hydroxyl groups is 1. The summed E-state index contributed by atoms with van der Waals surface area (Å²) < 4.78 is 5.79. The minimum atomic E-state index is -0.997. The van der Waals surface area contributed by atoms with Crippen LogP contribution in [0.1, 0.15) is 5.56 Å². The third-order valence-electron chi connectivity index (χ3n) is 2.08. The summed E-state index contributed by atoms with van der Waals surface area (Å²) >= 11 is 3.29. The average Bonchev–Trinajstić information content (AvgIpc) is 2.61. The number of carboxylic acids is 1. The number of phenols is 1. The molecule has 0 saturated heterocycles. The van der Waals surface area contributed by atoms with Crippen LogP contribution in [0.3, 0.4) is 0 Å². The lowest BCUT2D eigenvalue weighted by Crippen LogP contribution is -2.00. The Labute approximate surface area is 93.3 Å². The fourth-order valence-electron chi connectivity index (χ4n) is 1.42. The molecule has 0 saturated carbocycles. The zero-order valence-electron chi connectivity index (χ0n) is 7.53. The van der Waals surface area contributed by atoms with Crippen LogP contribution in [-0.4, -0.2) is 16.2 Å². The van der Waals surface area contributed by atoms with E-state index in [0.29, 0.717) is 15.6 Å². The summed E-state index contributed by atoms with van der Waals surface area (Å²) in [5.74, 6) is -1.11. The van der Waals surface area contributed by atoms with E-state index < -0.39 is 5.97 Å². The second kappa shape index (κ2) is 3.58. The van der Waals surface area contributed by atoms with Gasteiger partial charge in [-0.25, -0.2) is 0 Å². The van der Waals surface area contributed by atoms with E-state index >= 15 is 0 Å². The number of furan rings is 1. The lowest BCUT2D eigenvalue weighted by Gasteiger charge is -2.03. The van der Waals surface area contributed by atoms with Gasteiger partial charge in [0.2, 0.25) is 0 Å². The normalized spacial score (nSPS) is 10.7. The van der Waals surface area contributed by atoms with Gasteiger partial charge in [-0.15, -0.1) is 0 Å². The highest BCUT2D eigenvalue weighted by Crippen LogP contribution is 2.35. The van der Waals surface area contributed by atoms with Crippen LogP contribution in [-0.2, 0) is 11.2 Å². The number of phenolic OH excluding ortho intramolecular Hbond substituents is 1. The van der Waals surface area contributed by atoms with Crippen LogP contribution in [0.15, 0.2) is 27.3 Å². The molecule has 0 unspecified atom stereocenters. The summed E-state index contributed by atoms with van der Waals surface area (Å²) in [5.41, 5.74) is 0.637. The molecule has 0 aliphatic rings. The molecule has 0 atom stereocenters. The number of carboxylic acid groups (broad SMARTS) is 1. The van der Waals surface area contributed by atoms with Gasteiger partial charge in [0.05, 0.1) is 12.7 Å². The van der Waals surface area contributed by atoms with Crippen LogP contribution in [0.25, 0.3) is 11.0 Å². The Morgan fingerprint density at radius 2 is 2.27 bits per heavy atom. The summed E-state index contributed by atoms with van der Waals surface area (Å²) in [5, 5.41) is 19.1. The van der Waals surface area contributed by atoms with Crippen molar-refractivity contribution in [2.75, 3.05) is 0 Å². The summed E-state index contributed by atoms with van der Waals surface area (Å²) in [4.78, 5) is 10.5.